The van der Waals surface area contributed by atoms with Crippen molar-refractivity contribution in [2.45, 2.75) is 31.8 Å². The molecule has 0 aromatic carbocycles. The van der Waals surface area contributed by atoms with Crippen molar-refractivity contribution in [3.8, 4) is 0 Å². The van der Waals surface area contributed by atoms with E-state index in [0.717, 1.165) is 18.4 Å². The molecule has 0 radical (unpaired) electrons. The van der Waals surface area contributed by atoms with E-state index in [1.165, 1.54) is 0 Å². The molecule has 0 bridgehead atoms. The smallest absolute Gasteiger partial charge is 0.320 e. The summed E-state index contributed by atoms with van der Waals surface area (Å²) in [5, 5.41) is 16.3. The first kappa shape index (κ1) is 11.1. The number of aryl methyl sites for hydroxylation is 1. The average Bonchev–Trinajstić information content (AvgIpc) is 2.96. The first-order valence-corrected chi connectivity index (χ1v) is 5.55. The van der Waals surface area contributed by atoms with Crippen LogP contribution < -0.4 is 5.32 Å². The summed E-state index contributed by atoms with van der Waals surface area (Å²) in [6.45, 7) is 1.97. The van der Waals surface area contributed by atoms with Gasteiger partial charge in [0.15, 0.2) is 0 Å². The number of carboxylic acid groups (broad SMARTS) is 1. The van der Waals surface area contributed by atoms with Crippen molar-refractivity contribution < 1.29 is 9.90 Å². The minimum atomic E-state index is -0.752. The normalized spacial score (nSPS) is 19.4. The van der Waals surface area contributed by atoms with Crippen molar-refractivity contribution >= 4 is 5.97 Å². The highest BCUT2D eigenvalue weighted by molar-refractivity contribution is 5.74. The number of aromatic nitrogens is 2. The van der Waals surface area contributed by atoms with Crippen LogP contribution in [0.3, 0.4) is 0 Å². The molecule has 1 fully saturated rings. The van der Waals surface area contributed by atoms with Crippen LogP contribution in [0, 0.1) is 5.92 Å². The molecule has 0 saturated heterocycles. The van der Waals surface area contributed by atoms with E-state index < -0.39 is 12.0 Å². The lowest BCUT2D eigenvalue weighted by atomic mass is 10.1. The Bertz CT molecular complexity index is 384. The molecule has 88 valence electrons. The highest BCUT2D eigenvalue weighted by atomic mass is 16.4. The van der Waals surface area contributed by atoms with E-state index in [9.17, 15) is 4.79 Å². The molecule has 1 aromatic heterocycles. The van der Waals surface area contributed by atoms with Crippen LogP contribution >= 0.6 is 0 Å². The van der Waals surface area contributed by atoms with Gasteiger partial charge in [-0.2, -0.15) is 5.10 Å². The third-order valence-corrected chi connectivity index (χ3v) is 3.01. The Morgan fingerprint density at radius 1 is 1.69 bits per heavy atom. The molecule has 0 amide bonds. The van der Waals surface area contributed by atoms with Gasteiger partial charge in [-0.05, 0) is 25.7 Å². The van der Waals surface area contributed by atoms with E-state index >= 15 is 0 Å². The minimum absolute atomic E-state index is 0.0235. The fourth-order valence-corrected chi connectivity index (χ4v) is 1.87. The van der Waals surface area contributed by atoms with Gasteiger partial charge in [-0.25, -0.2) is 0 Å². The van der Waals surface area contributed by atoms with Crippen molar-refractivity contribution in [3.63, 3.8) is 0 Å². The number of hydrogen-bond acceptors (Lipinski definition) is 3. The van der Waals surface area contributed by atoms with Crippen LogP contribution in [-0.4, -0.2) is 26.9 Å². The Labute approximate surface area is 94.5 Å². The molecule has 0 aliphatic heterocycles. The fraction of sp³-hybridized carbons (Fsp3) is 0.636. The van der Waals surface area contributed by atoms with E-state index in [1.807, 2.05) is 20.2 Å². The third-order valence-electron chi connectivity index (χ3n) is 3.01. The van der Waals surface area contributed by atoms with Gasteiger partial charge in [0.2, 0.25) is 0 Å². The zero-order valence-corrected chi connectivity index (χ0v) is 9.55. The molecule has 1 aromatic rings. The molecule has 5 nitrogen and oxygen atoms in total. The van der Waals surface area contributed by atoms with Crippen LogP contribution in [0.25, 0.3) is 0 Å². The molecule has 2 rings (SSSR count). The van der Waals surface area contributed by atoms with E-state index in [1.54, 1.807) is 10.9 Å². The Morgan fingerprint density at radius 3 is 2.81 bits per heavy atom. The SMILES string of the molecule is CC(NC(C(=O)O)C1CC1)c1cnn(C)c1. The van der Waals surface area contributed by atoms with Crippen molar-refractivity contribution in [2.24, 2.45) is 13.0 Å². The van der Waals surface area contributed by atoms with Gasteiger partial charge in [-0.3, -0.25) is 14.8 Å². The zero-order chi connectivity index (χ0) is 11.7. The molecule has 1 aliphatic carbocycles. The predicted octanol–water partition coefficient (Wildman–Crippen LogP) is 0.934. The van der Waals surface area contributed by atoms with Gasteiger partial charge in [0.1, 0.15) is 6.04 Å². The molecule has 1 saturated carbocycles. The van der Waals surface area contributed by atoms with Gasteiger partial charge in [0.05, 0.1) is 6.20 Å². The van der Waals surface area contributed by atoms with E-state index in [2.05, 4.69) is 10.4 Å². The molecule has 5 heteroatoms. The number of hydrogen-bond donors (Lipinski definition) is 2. The Kier molecular flexibility index (Phi) is 2.96. The number of carbonyl (C=O) groups is 1. The lowest BCUT2D eigenvalue weighted by molar-refractivity contribution is -0.140. The van der Waals surface area contributed by atoms with E-state index in [-0.39, 0.29) is 6.04 Å². The van der Waals surface area contributed by atoms with Crippen LogP contribution in [0.1, 0.15) is 31.4 Å². The lowest BCUT2D eigenvalue weighted by Gasteiger charge is -2.18. The van der Waals surface area contributed by atoms with Gasteiger partial charge >= 0.3 is 5.97 Å². The van der Waals surface area contributed by atoms with Gasteiger partial charge in [0, 0.05) is 24.8 Å². The maximum absolute atomic E-state index is 11.1. The first-order chi connectivity index (χ1) is 7.58. The third kappa shape index (κ3) is 2.41. The standard InChI is InChI=1S/C11H17N3O2/c1-7(9-5-12-14(2)6-9)13-10(11(15)16)8-3-4-8/h5-8,10,13H,3-4H2,1-2H3,(H,15,16). The summed E-state index contributed by atoms with van der Waals surface area (Å²) in [4.78, 5) is 11.1. The average molecular weight is 223 g/mol. The summed E-state index contributed by atoms with van der Waals surface area (Å²) in [7, 11) is 1.85. The maximum atomic E-state index is 11.1. The number of carboxylic acids is 1. The van der Waals surface area contributed by atoms with Crippen LogP contribution in [-0.2, 0) is 11.8 Å². The predicted molar refractivity (Wildman–Crippen MR) is 58.9 cm³/mol. The summed E-state index contributed by atoms with van der Waals surface area (Å²) < 4.78 is 1.72. The lowest BCUT2D eigenvalue weighted by Crippen LogP contribution is -2.39. The Balaban J connectivity index is 1.99. The molecule has 16 heavy (non-hydrogen) atoms. The van der Waals surface area contributed by atoms with Crippen molar-refractivity contribution in [1.29, 1.82) is 0 Å². The van der Waals surface area contributed by atoms with E-state index in [0.29, 0.717) is 5.92 Å². The molecule has 2 atom stereocenters. The minimum Gasteiger partial charge on any atom is -0.480 e. The monoisotopic (exact) mass is 223 g/mol. The number of aliphatic carboxylic acids is 1. The van der Waals surface area contributed by atoms with Gasteiger partial charge < -0.3 is 5.11 Å². The number of nitrogens with one attached hydrogen (secondary N) is 1. The van der Waals surface area contributed by atoms with Gasteiger partial charge in [0.25, 0.3) is 0 Å². The molecular weight excluding hydrogens is 206 g/mol. The van der Waals surface area contributed by atoms with Gasteiger partial charge in [-0.15, -0.1) is 0 Å². The fourth-order valence-electron chi connectivity index (χ4n) is 1.87. The Hall–Kier alpha value is -1.36. The first-order valence-electron chi connectivity index (χ1n) is 5.55. The molecular formula is C11H17N3O2. The Morgan fingerprint density at radius 2 is 2.38 bits per heavy atom. The summed E-state index contributed by atoms with van der Waals surface area (Å²) in [5.74, 6) is -0.449. The summed E-state index contributed by atoms with van der Waals surface area (Å²) >= 11 is 0. The second-order valence-electron chi connectivity index (χ2n) is 4.49. The largest absolute Gasteiger partial charge is 0.480 e. The number of nitrogens with zero attached hydrogens (tertiary/aromatic N) is 2. The second kappa shape index (κ2) is 4.25. The highest BCUT2D eigenvalue weighted by Gasteiger charge is 2.36. The maximum Gasteiger partial charge on any atom is 0.320 e. The van der Waals surface area contributed by atoms with Gasteiger partial charge in [-0.1, -0.05) is 0 Å². The highest BCUT2D eigenvalue weighted by Crippen LogP contribution is 2.33. The number of rotatable bonds is 5. The summed E-state index contributed by atoms with van der Waals surface area (Å²) in [5.41, 5.74) is 1.02. The van der Waals surface area contributed by atoms with Crippen LogP contribution in [0.4, 0.5) is 0 Å². The van der Waals surface area contributed by atoms with Crippen LogP contribution in [0.15, 0.2) is 12.4 Å². The molecule has 2 N–H and O–H groups in total. The molecule has 1 heterocycles. The van der Waals surface area contributed by atoms with Crippen LogP contribution in [0.2, 0.25) is 0 Å². The summed E-state index contributed by atoms with van der Waals surface area (Å²) in [6.07, 6.45) is 5.71. The molecule has 2 unspecified atom stereocenters. The zero-order valence-electron chi connectivity index (χ0n) is 9.55. The van der Waals surface area contributed by atoms with E-state index in [4.69, 9.17) is 5.11 Å². The second-order valence-corrected chi connectivity index (χ2v) is 4.49. The topological polar surface area (TPSA) is 67.2 Å². The molecule has 1 aliphatic rings. The van der Waals surface area contributed by atoms with Crippen LogP contribution in [0.5, 0.6) is 0 Å². The quantitative estimate of drug-likeness (QED) is 0.779. The summed E-state index contributed by atoms with van der Waals surface area (Å²) in [6, 6.07) is -0.398. The van der Waals surface area contributed by atoms with Crippen molar-refractivity contribution in [3.05, 3.63) is 18.0 Å². The molecule has 0 spiro atoms. The van der Waals surface area contributed by atoms with Crippen molar-refractivity contribution in [2.75, 3.05) is 0 Å². The van der Waals surface area contributed by atoms with Crippen molar-refractivity contribution in [1.82, 2.24) is 15.1 Å².